The molecule has 0 fully saturated rings. The largest absolute Gasteiger partial charge is 0.316 e. The molecule has 2 aromatic rings. The minimum atomic E-state index is 0.577. The van der Waals surface area contributed by atoms with Gasteiger partial charge in [0.25, 0.3) is 0 Å². The lowest BCUT2D eigenvalue weighted by Gasteiger charge is -2.22. The van der Waals surface area contributed by atoms with Gasteiger partial charge in [0.05, 0.1) is 0 Å². The minimum Gasteiger partial charge on any atom is -0.316 e. The summed E-state index contributed by atoms with van der Waals surface area (Å²) in [5, 5.41) is 3.59. The van der Waals surface area contributed by atoms with Crippen LogP contribution < -0.4 is 5.32 Å². The van der Waals surface area contributed by atoms with Crippen LogP contribution >= 0.6 is 0 Å². The van der Waals surface area contributed by atoms with Gasteiger partial charge >= 0.3 is 0 Å². The van der Waals surface area contributed by atoms with Crippen LogP contribution in [0.2, 0.25) is 0 Å². The fraction of sp³-hybridized carbons (Fsp3) is 0.389. The quantitative estimate of drug-likeness (QED) is 0.775. The summed E-state index contributed by atoms with van der Waals surface area (Å²) in [5.74, 6) is 1.22. The predicted octanol–water partition coefficient (Wildman–Crippen LogP) is 3.65. The van der Waals surface area contributed by atoms with E-state index in [0.717, 1.165) is 19.5 Å². The van der Waals surface area contributed by atoms with Gasteiger partial charge in [0, 0.05) is 18.9 Å². The highest BCUT2D eigenvalue weighted by Gasteiger charge is 2.14. The Kier molecular flexibility index (Phi) is 5.75. The zero-order valence-corrected chi connectivity index (χ0v) is 12.4. The van der Waals surface area contributed by atoms with Crippen LogP contribution in [0.5, 0.6) is 0 Å². The van der Waals surface area contributed by atoms with Gasteiger partial charge in [-0.15, -0.1) is 0 Å². The molecule has 20 heavy (non-hydrogen) atoms. The first kappa shape index (κ1) is 14.7. The molecule has 2 rings (SSSR count). The van der Waals surface area contributed by atoms with Crippen LogP contribution in [0.25, 0.3) is 0 Å². The van der Waals surface area contributed by atoms with E-state index < -0.39 is 0 Å². The fourth-order valence-electron chi connectivity index (χ4n) is 2.48. The van der Waals surface area contributed by atoms with Crippen molar-refractivity contribution in [3.63, 3.8) is 0 Å². The van der Waals surface area contributed by atoms with Gasteiger partial charge in [0.15, 0.2) is 0 Å². The standard InChI is InChI=1S/C18H24N2/c1-15(2)18(17-6-4-3-5-7-17)14-20-13-10-16-8-11-19-12-9-16/h3-9,11-12,15,18,20H,10,13-14H2,1-2H3. The summed E-state index contributed by atoms with van der Waals surface area (Å²) in [6.07, 6.45) is 4.77. The number of nitrogens with zero attached hydrogens (tertiary/aromatic N) is 1. The van der Waals surface area contributed by atoms with E-state index in [2.05, 4.69) is 66.6 Å². The van der Waals surface area contributed by atoms with Crippen LogP contribution in [-0.2, 0) is 6.42 Å². The number of hydrogen-bond donors (Lipinski definition) is 1. The smallest absolute Gasteiger partial charge is 0.0270 e. The highest BCUT2D eigenvalue weighted by atomic mass is 14.9. The fourth-order valence-corrected chi connectivity index (χ4v) is 2.48. The van der Waals surface area contributed by atoms with Crippen molar-refractivity contribution >= 4 is 0 Å². The van der Waals surface area contributed by atoms with Crippen molar-refractivity contribution in [2.45, 2.75) is 26.2 Å². The van der Waals surface area contributed by atoms with E-state index in [9.17, 15) is 0 Å². The second-order valence-corrected chi connectivity index (χ2v) is 5.57. The molecule has 1 aromatic heterocycles. The first-order chi connectivity index (χ1) is 9.77. The highest BCUT2D eigenvalue weighted by molar-refractivity contribution is 5.20. The van der Waals surface area contributed by atoms with E-state index in [-0.39, 0.29) is 0 Å². The Morgan fingerprint density at radius 1 is 1.00 bits per heavy atom. The number of rotatable bonds is 7. The molecule has 1 atom stereocenters. The monoisotopic (exact) mass is 268 g/mol. The van der Waals surface area contributed by atoms with Crippen LogP contribution in [0.3, 0.4) is 0 Å². The average Bonchev–Trinajstić information content (AvgIpc) is 2.49. The second-order valence-electron chi connectivity index (χ2n) is 5.57. The van der Waals surface area contributed by atoms with Crippen molar-refractivity contribution in [1.82, 2.24) is 10.3 Å². The first-order valence-electron chi connectivity index (χ1n) is 7.42. The Labute approximate surface area is 122 Å². The lowest BCUT2D eigenvalue weighted by molar-refractivity contribution is 0.463. The van der Waals surface area contributed by atoms with E-state index in [1.165, 1.54) is 11.1 Å². The van der Waals surface area contributed by atoms with Crippen molar-refractivity contribution in [2.75, 3.05) is 13.1 Å². The molecule has 0 spiro atoms. The van der Waals surface area contributed by atoms with Crippen LogP contribution in [-0.4, -0.2) is 18.1 Å². The molecule has 0 saturated carbocycles. The number of nitrogens with one attached hydrogen (secondary N) is 1. The molecule has 2 heteroatoms. The number of hydrogen-bond acceptors (Lipinski definition) is 2. The molecule has 1 heterocycles. The maximum Gasteiger partial charge on any atom is 0.0270 e. The molecule has 0 aliphatic carbocycles. The maximum absolute atomic E-state index is 4.04. The zero-order valence-electron chi connectivity index (χ0n) is 12.4. The second kappa shape index (κ2) is 7.81. The van der Waals surface area contributed by atoms with Crippen LogP contribution in [0.1, 0.15) is 30.9 Å². The summed E-state index contributed by atoms with van der Waals surface area (Å²) in [5.41, 5.74) is 2.77. The van der Waals surface area contributed by atoms with Gasteiger partial charge in [-0.25, -0.2) is 0 Å². The molecule has 1 unspecified atom stereocenters. The normalized spacial score (nSPS) is 12.6. The topological polar surface area (TPSA) is 24.9 Å². The SMILES string of the molecule is CC(C)C(CNCCc1ccncc1)c1ccccc1. The van der Waals surface area contributed by atoms with E-state index >= 15 is 0 Å². The van der Waals surface area contributed by atoms with Gasteiger partial charge < -0.3 is 5.32 Å². The van der Waals surface area contributed by atoms with Crippen molar-refractivity contribution in [1.29, 1.82) is 0 Å². The van der Waals surface area contributed by atoms with Crippen molar-refractivity contribution in [3.8, 4) is 0 Å². The molecule has 106 valence electrons. The van der Waals surface area contributed by atoms with Gasteiger partial charge in [-0.2, -0.15) is 0 Å². The van der Waals surface area contributed by atoms with Crippen molar-refractivity contribution in [3.05, 3.63) is 66.0 Å². The van der Waals surface area contributed by atoms with Gasteiger partial charge in [-0.1, -0.05) is 44.2 Å². The lowest BCUT2D eigenvalue weighted by atomic mass is 9.88. The molecule has 1 aromatic carbocycles. The summed E-state index contributed by atoms with van der Waals surface area (Å²) in [6, 6.07) is 15.0. The molecular weight excluding hydrogens is 244 g/mol. The van der Waals surface area contributed by atoms with Crippen LogP contribution in [0.4, 0.5) is 0 Å². The number of benzene rings is 1. The summed E-state index contributed by atoms with van der Waals surface area (Å²) in [4.78, 5) is 4.04. The summed E-state index contributed by atoms with van der Waals surface area (Å²) >= 11 is 0. The third-order valence-corrected chi connectivity index (χ3v) is 3.74. The van der Waals surface area contributed by atoms with E-state index in [1.807, 2.05) is 12.4 Å². The summed E-state index contributed by atoms with van der Waals surface area (Å²) in [7, 11) is 0. The maximum atomic E-state index is 4.04. The lowest BCUT2D eigenvalue weighted by Crippen LogP contribution is -2.26. The molecule has 0 aliphatic rings. The Bertz CT molecular complexity index is 479. The molecule has 0 radical (unpaired) electrons. The van der Waals surface area contributed by atoms with Gasteiger partial charge in [-0.3, -0.25) is 4.98 Å². The molecule has 0 amide bonds. The number of aromatic nitrogens is 1. The summed E-state index contributed by atoms with van der Waals surface area (Å²) < 4.78 is 0. The Balaban J connectivity index is 1.82. The van der Waals surface area contributed by atoms with Crippen LogP contribution in [0, 0.1) is 5.92 Å². The van der Waals surface area contributed by atoms with Gasteiger partial charge in [0.2, 0.25) is 0 Å². The van der Waals surface area contributed by atoms with Crippen molar-refractivity contribution in [2.24, 2.45) is 5.92 Å². The third kappa shape index (κ3) is 4.46. The zero-order chi connectivity index (χ0) is 14.2. The third-order valence-electron chi connectivity index (χ3n) is 3.74. The molecular formula is C18H24N2. The van der Waals surface area contributed by atoms with Crippen molar-refractivity contribution < 1.29 is 0 Å². The molecule has 0 saturated heterocycles. The first-order valence-corrected chi connectivity index (χ1v) is 7.42. The molecule has 0 aliphatic heterocycles. The Morgan fingerprint density at radius 2 is 1.70 bits per heavy atom. The Hall–Kier alpha value is -1.67. The molecule has 0 bridgehead atoms. The van der Waals surface area contributed by atoms with Gasteiger partial charge in [-0.05, 0) is 48.1 Å². The average molecular weight is 268 g/mol. The Morgan fingerprint density at radius 3 is 2.35 bits per heavy atom. The van der Waals surface area contributed by atoms with Gasteiger partial charge in [0.1, 0.15) is 0 Å². The predicted molar refractivity (Wildman–Crippen MR) is 84.8 cm³/mol. The number of pyridine rings is 1. The highest BCUT2D eigenvalue weighted by Crippen LogP contribution is 2.23. The van der Waals surface area contributed by atoms with E-state index in [4.69, 9.17) is 0 Å². The van der Waals surface area contributed by atoms with E-state index in [1.54, 1.807) is 0 Å². The summed E-state index contributed by atoms with van der Waals surface area (Å²) in [6.45, 7) is 6.64. The molecule has 2 nitrogen and oxygen atoms in total. The minimum absolute atomic E-state index is 0.577. The molecule has 1 N–H and O–H groups in total. The van der Waals surface area contributed by atoms with Crippen LogP contribution in [0.15, 0.2) is 54.9 Å². The van der Waals surface area contributed by atoms with E-state index in [0.29, 0.717) is 11.8 Å².